The van der Waals surface area contributed by atoms with Gasteiger partial charge in [0.2, 0.25) is 0 Å². The van der Waals surface area contributed by atoms with Crippen LogP contribution in [0.4, 0.5) is 0 Å². The van der Waals surface area contributed by atoms with E-state index in [0.717, 1.165) is 5.56 Å². The molecule has 4 aromatic rings. The third-order valence-electron chi connectivity index (χ3n) is 4.59. The topological polar surface area (TPSA) is 107 Å². The average molecular weight is 402 g/mol. The fraction of sp³-hybridized carbons (Fsp3) is 0.136. The van der Waals surface area contributed by atoms with E-state index in [1.165, 1.54) is 11.0 Å². The molecule has 1 N–H and O–H groups in total. The summed E-state index contributed by atoms with van der Waals surface area (Å²) in [6, 6.07) is 15.9. The zero-order valence-electron chi connectivity index (χ0n) is 16.2. The van der Waals surface area contributed by atoms with E-state index in [2.05, 4.69) is 15.1 Å². The monoisotopic (exact) mass is 402 g/mol. The molecule has 2 aromatic heterocycles. The van der Waals surface area contributed by atoms with E-state index in [1.807, 2.05) is 30.3 Å². The minimum Gasteiger partial charge on any atom is -0.462 e. The largest absolute Gasteiger partial charge is 0.462 e. The highest BCUT2D eigenvalue weighted by molar-refractivity contribution is 5.90. The summed E-state index contributed by atoms with van der Waals surface area (Å²) < 4.78 is 6.26. The number of carbonyl (C=O) groups is 1. The second-order valence-electron chi connectivity index (χ2n) is 6.55. The molecule has 0 fully saturated rings. The van der Waals surface area contributed by atoms with Gasteiger partial charge in [-0.15, -0.1) is 0 Å². The molecular weight excluding hydrogens is 384 g/mol. The Morgan fingerprint density at radius 2 is 1.80 bits per heavy atom. The zero-order chi connectivity index (χ0) is 21.1. The average Bonchev–Trinajstić information content (AvgIpc) is 2.77. The van der Waals surface area contributed by atoms with Crippen LogP contribution in [0.1, 0.15) is 22.8 Å². The number of aromatic nitrogens is 4. The molecule has 0 saturated carbocycles. The second-order valence-corrected chi connectivity index (χ2v) is 6.55. The van der Waals surface area contributed by atoms with Gasteiger partial charge in [-0.25, -0.2) is 14.5 Å². The first kappa shape index (κ1) is 19.3. The van der Waals surface area contributed by atoms with Gasteiger partial charge in [0.25, 0.3) is 11.1 Å². The second kappa shape index (κ2) is 8.12. The molecule has 0 radical (unpaired) electrons. The number of hydrogen-bond acceptors (Lipinski definition) is 6. The lowest BCUT2D eigenvalue weighted by atomic mass is 10.1. The first-order chi connectivity index (χ1) is 14.6. The van der Waals surface area contributed by atoms with E-state index in [1.54, 1.807) is 31.2 Å². The van der Waals surface area contributed by atoms with Crippen LogP contribution in [0, 0.1) is 0 Å². The Kier molecular flexibility index (Phi) is 5.21. The number of rotatable bonds is 5. The van der Waals surface area contributed by atoms with Gasteiger partial charge in [-0.3, -0.25) is 9.59 Å². The molecule has 4 rings (SSSR count). The molecule has 8 heteroatoms. The van der Waals surface area contributed by atoms with Crippen molar-refractivity contribution in [2.75, 3.05) is 6.61 Å². The van der Waals surface area contributed by atoms with Crippen molar-refractivity contribution in [2.45, 2.75) is 13.5 Å². The van der Waals surface area contributed by atoms with Crippen LogP contribution in [0.15, 0.2) is 70.5 Å². The number of ether oxygens (including phenoxy) is 1. The molecule has 0 atom stereocenters. The number of carbonyl (C=O) groups excluding carboxylic acids is 1. The molecule has 0 bridgehead atoms. The molecule has 0 amide bonds. The number of benzene rings is 2. The van der Waals surface area contributed by atoms with Crippen molar-refractivity contribution >= 4 is 16.9 Å². The summed E-state index contributed by atoms with van der Waals surface area (Å²) >= 11 is 0. The molecule has 0 spiro atoms. The molecule has 0 aliphatic heterocycles. The lowest BCUT2D eigenvalue weighted by Gasteiger charge is -2.11. The number of fused-ring (bicyclic) bond motifs is 1. The summed E-state index contributed by atoms with van der Waals surface area (Å²) in [5, 5.41) is 4.62. The van der Waals surface area contributed by atoms with Crippen molar-refractivity contribution in [2.24, 2.45) is 0 Å². The predicted octanol–water partition coefficient (Wildman–Crippen LogP) is 2.37. The maximum absolute atomic E-state index is 12.9. The van der Waals surface area contributed by atoms with Gasteiger partial charge in [0.05, 0.1) is 30.4 Å². The van der Waals surface area contributed by atoms with E-state index in [0.29, 0.717) is 23.4 Å². The minimum absolute atomic E-state index is 0.0516. The Morgan fingerprint density at radius 1 is 1.07 bits per heavy atom. The maximum atomic E-state index is 12.9. The van der Waals surface area contributed by atoms with Crippen molar-refractivity contribution in [1.29, 1.82) is 0 Å². The highest BCUT2D eigenvalue weighted by Gasteiger charge is 2.16. The van der Waals surface area contributed by atoms with E-state index in [4.69, 9.17) is 4.74 Å². The van der Waals surface area contributed by atoms with Crippen LogP contribution in [0.25, 0.3) is 22.2 Å². The summed E-state index contributed by atoms with van der Waals surface area (Å²) in [5.74, 6) is -0.403. The summed E-state index contributed by atoms with van der Waals surface area (Å²) in [4.78, 5) is 43.8. The van der Waals surface area contributed by atoms with E-state index in [-0.39, 0.29) is 17.4 Å². The first-order valence-corrected chi connectivity index (χ1v) is 9.38. The van der Waals surface area contributed by atoms with Crippen molar-refractivity contribution < 1.29 is 9.53 Å². The standard InChI is InChI=1S/C22H18N4O4/c1-2-30-22(29)16-10-8-14(9-11-16)12-26-21(28)19-17(20(27)24-13-23-19)18(25-26)15-6-4-3-5-7-15/h3-11,13H,2,12H2,1H3,(H,23,24,27). The zero-order valence-corrected chi connectivity index (χ0v) is 16.2. The van der Waals surface area contributed by atoms with Crippen molar-refractivity contribution in [3.63, 3.8) is 0 Å². The van der Waals surface area contributed by atoms with Crippen LogP contribution >= 0.6 is 0 Å². The van der Waals surface area contributed by atoms with Gasteiger partial charge in [-0.1, -0.05) is 42.5 Å². The molecule has 8 nitrogen and oxygen atoms in total. The van der Waals surface area contributed by atoms with Crippen LogP contribution in [0.5, 0.6) is 0 Å². The van der Waals surface area contributed by atoms with Crippen molar-refractivity contribution in [1.82, 2.24) is 19.7 Å². The van der Waals surface area contributed by atoms with E-state index >= 15 is 0 Å². The van der Waals surface area contributed by atoms with Crippen molar-refractivity contribution in [3.8, 4) is 11.3 Å². The highest BCUT2D eigenvalue weighted by atomic mass is 16.5. The van der Waals surface area contributed by atoms with E-state index in [9.17, 15) is 14.4 Å². The fourth-order valence-corrected chi connectivity index (χ4v) is 3.16. The Hall–Kier alpha value is -4.07. The lowest BCUT2D eigenvalue weighted by Crippen LogP contribution is -2.27. The molecule has 0 saturated heterocycles. The minimum atomic E-state index is -0.467. The van der Waals surface area contributed by atoms with Crippen LogP contribution in [-0.2, 0) is 11.3 Å². The summed E-state index contributed by atoms with van der Waals surface area (Å²) in [6.45, 7) is 2.20. The number of esters is 1. The molecular formula is C22H18N4O4. The molecule has 0 unspecified atom stereocenters. The van der Waals surface area contributed by atoms with Gasteiger partial charge in [-0.05, 0) is 24.6 Å². The molecule has 2 heterocycles. The molecule has 30 heavy (non-hydrogen) atoms. The van der Waals surface area contributed by atoms with Crippen LogP contribution < -0.4 is 11.1 Å². The third kappa shape index (κ3) is 3.62. The lowest BCUT2D eigenvalue weighted by molar-refractivity contribution is 0.0526. The predicted molar refractivity (Wildman–Crippen MR) is 111 cm³/mol. The Bertz CT molecular complexity index is 1330. The number of hydrogen-bond donors (Lipinski definition) is 1. The summed E-state index contributed by atoms with van der Waals surface area (Å²) in [7, 11) is 0. The van der Waals surface area contributed by atoms with E-state index < -0.39 is 17.1 Å². The van der Waals surface area contributed by atoms with Gasteiger partial charge in [0, 0.05) is 5.56 Å². The number of nitrogens with one attached hydrogen (secondary N) is 1. The summed E-state index contributed by atoms with van der Waals surface area (Å²) in [5.41, 5.74) is 1.43. The summed E-state index contributed by atoms with van der Waals surface area (Å²) in [6.07, 6.45) is 1.21. The van der Waals surface area contributed by atoms with Crippen LogP contribution in [-0.4, -0.2) is 32.3 Å². The number of H-pyrrole nitrogens is 1. The fourth-order valence-electron chi connectivity index (χ4n) is 3.16. The van der Waals surface area contributed by atoms with Gasteiger partial charge in [0.15, 0.2) is 0 Å². The maximum Gasteiger partial charge on any atom is 0.338 e. The van der Waals surface area contributed by atoms with Gasteiger partial charge in [0.1, 0.15) is 11.2 Å². The quantitative estimate of drug-likeness (QED) is 0.514. The van der Waals surface area contributed by atoms with Crippen LogP contribution in [0.3, 0.4) is 0 Å². The number of aromatic amines is 1. The van der Waals surface area contributed by atoms with Gasteiger partial charge in [-0.2, -0.15) is 5.10 Å². The van der Waals surface area contributed by atoms with Gasteiger partial charge < -0.3 is 9.72 Å². The molecule has 150 valence electrons. The Morgan fingerprint density at radius 3 is 2.50 bits per heavy atom. The third-order valence-corrected chi connectivity index (χ3v) is 4.59. The number of nitrogens with zero attached hydrogens (tertiary/aromatic N) is 3. The normalized spacial score (nSPS) is 10.8. The first-order valence-electron chi connectivity index (χ1n) is 9.38. The smallest absolute Gasteiger partial charge is 0.338 e. The Labute approximate surface area is 170 Å². The highest BCUT2D eigenvalue weighted by Crippen LogP contribution is 2.21. The van der Waals surface area contributed by atoms with Crippen molar-refractivity contribution in [3.05, 3.63) is 92.8 Å². The molecule has 2 aromatic carbocycles. The van der Waals surface area contributed by atoms with Crippen LogP contribution in [0.2, 0.25) is 0 Å². The SMILES string of the molecule is CCOC(=O)c1ccc(Cn2nc(-c3ccccc3)c3c(=O)[nH]cnc3c2=O)cc1. The molecule has 0 aliphatic rings. The van der Waals surface area contributed by atoms with Gasteiger partial charge >= 0.3 is 5.97 Å². The molecule has 0 aliphatic carbocycles. The Balaban J connectivity index is 1.80.